The Morgan fingerprint density at radius 2 is 2.04 bits per heavy atom. The van der Waals surface area contributed by atoms with Crippen molar-refractivity contribution in [1.82, 2.24) is 0 Å². The molecule has 2 aromatic rings. The van der Waals surface area contributed by atoms with Crippen molar-refractivity contribution in [3.63, 3.8) is 0 Å². The molecule has 0 fully saturated rings. The second-order valence-electron chi connectivity index (χ2n) is 5.25. The maximum Gasteiger partial charge on any atom is 0.387 e. The third-order valence-electron chi connectivity index (χ3n) is 3.59. The zero-order valence-electron chi connectivity index (χ0n) is 13.9. The van der Waals surface area contributed by atoms with Gasteiger partial charge in [0.2, 0.25) is 6.79 Å². The molecule has 136 valence electrons. The van der Waals surface area contributed by atoms with E-state index in [0.717, 1.165) is 0 Å². The Kier molecular flexibility index (Phi) is 5.36. The van der Waals surface area contributed by atoms with Crippen LogP contribution in [0, 0.1) is 0 Å². The SMILES string of the molecule is CCOc1cccc(/C=C/C(=O)c2ccc3c(c2)OCO3)c1OC(F)F. The van der Waals surface area contributed by atoms with Crippen LogP contribution in [0.15, 0.2) is 42.5 Å². The van der Waals surface area contributed by atoms with E-state index in [1.54, 1.807) is 37.3 Å². The van der Waals surface area contributed by atoms with Crippen LogP contribution in [0.2, 0.25) is 0 Å². The van der Waals surface area contributed by atoms with Gasteiger partial charge in [0.15, 0.2) is 28.8 Å². The fourth-order valence-electron chi connectivity index (χ4n) is 2.46. The van der Waals surface area contributed by atoms with Crippen LogP contribution in [-0.2, 0) is 0 Å². The molecule has 0 saturated heterocycles. The van der Waals surface area contributed by atoms with Crippen molar-refractivity contribution in [3.05, 3.63) is 53.6 Å². The Morgan fingerprint density at radius 1 is 1.23 bits per heavy atom. The van der Waals surface area contributed by atoms with E-state index in [1.807, 2.05) is 0 Å². The van der Waals surface area contributed by atoms with Crippen LogP contribution in [-0.4, -0.2) is 25.8 Å². The van der Waals surface area contributed by atoms with Crippen LogP contribution < -0.4 is 18.9 Å². The van der Waals surface area contributed by atoms with E-state index in [9.17, 15) is 13.6 Å². The minimum Gasteiger partial charge on any atom is -0.490 e. The van der Waals surface area contributed by atoms with Crippen molar-refractivity contribution in [1.29, 1.82) is 0 Å². The lowest BCUT2D eigenvalue weighted by atomic mass is 10.1. The number of fused-ring (bicyclic) bond motifs is 1. The first-order chi connectivity index (χ1) is 12.6. The smallest absolute Gasteiger partial charge is 0.387 e. The van der Waals surface area contributed by atoms with Gasteiger partial charge in [-0.3, -0.25) is 4.79 Å². The largest absolute Gasteiger partial charge is 0.490 e. The van der Waals surface area contributed by atoms with Crippen LogP contribution in [0.5, 0.6) is 23.0 Å². The molecule has 1 heterocycles. The van der Waals surface area contributed by atoms with Crippen molar-refractivity contribution in [3.8, 4) is 23.0 Å². The van der Waals surface area contributed by atoms with Crippen LogP contribution >= 0.6 is 0 Å². The molecular formula is C19H16F2O5. The zero-order valence-corrected chi connectivity index (χ0v) is 13.9. The van der Waals surface area contributed by atoms with Gasteiger partial charge < -0.3 is 18.9 Å². The lowest BCUT2D eigenvalue weighted by molar-refractivity contribution is -0.0515. The van der Waals surface area contributed by atoms with Crippen LogP contribution in [0.1, 0.15) is 22.8 Å². The normalized spacial score (nSPS) is 12.6. The highest BCUT2D eigenvalue weighted by Gasteiger charge is 2.16. The summed E-state index contributed by atoms with van der Waals surface area (Å²) in [6.07, 6.45) is 2.69. The van der Waals surface area contributed by atoms with E-state index >= 15 is 0 Å². The number of halogens is 2. The van der Waals surface area contributed by atoms with Gasteiger partial charge in [-0.25, -0.2) is 0 Å². The Bertz CT molecular complexity index is 833. The molecule has 0 N–H and O–H groups in total. The van der Waals surface area contributed by atoms with E-state index < -0.39 is 6.61 Å². The van der Waals surface area contributed by atoms with Crippen molar-refractivity contribution in [2.45, 2.75) is 13.5 Å². The molecule has 0 amide bonds. The number of carbonyl (C=O) groups is 1. The summed E-state index contributed by atoms with van der Waals surface area (Å²) in [5.74, 6) is 0.824. The van der Waals surface area contributed by atoms with Gasteiger partial charge in [-0.15, -0.1) is 0 Å². The second-order valence-corrected chi connectivity index (χ2v) is 5.25. The van der Waals surface area contributed by atoms with Crippen LogP contribution in [0.4, 0.5) is 8.78 Å². The molecular weight excluding hydrogens is 346 g/mol. The van der Waals surface area contributed by atoms with Gasteiger partial charge in [-0.05, 0) is 43.3 Å². The van der Waals surface area contributed by atoms with E-state index in [1.165, 1.54) is 18.2 Å². The molecule has 3 rings (SSSR count). The summed E-state index contributed by atoms with van der Waals surface area (Å²) in [7, 11) is 0. The molecule has 0 atom stereocenters. The Labute approximate surface area is 148 Å². The summed E-state index contributed by atoms with van der Waals surface area (Å²) >= 11 is 0. The molecule has 7 heteroatoms. The topological polar surface area (TPSA) is 54.0 Å². The fourth-order valence-corrected chi connectivity index (χ4v) is 2.46. The van der Waals surface area contributed by atoms with Crippen molar-refractivity contribution in [2.24, 2.45) is 0 Å². The number of para-hydroxylation sites is 1. The minimum atomic E-state index is -3.01. The van der Waals surface area contributed by atoms with Crippen molar-refractivity contribution >= 4 is 11.9 Å². The lowest BCUT2D eigenvalue weighted by Crippen LogP contribution is -2.06. The van der Waals surface area contributed by atoms with E-state index in [0.29, 0.717) is 29.2 Å². The number of allylic oxidation sites excluding steroid dienone is 1. The van der Waals surface area contributed by atoms with Gasteiger partial charge >= 0.3 is 6.61 Å². The molecule has 1 aliphatic rings. The Hall–Kier alpha value is -3.09. The molecule has 2 aromatic carbocycles. The number of benzene rings is 2. The molecule has 26 heavy (non-hydrogen) atoms. The first-order valence-electron chi connectivity index (χ1n) is 7.91. The van der Waals surface area contributed by atoms with Gasteiger partial charge in [-0.2, -0.15) is 8.78 Å². The molecule has 0 aliphatic carbocycles. The molecule has 5 nitrogen and oxygen atoms in total. The van der Waals surface area contributed by atoms with Gasteiger partial charge in [0.25, 0.3) is 0 Å². The molecule has 0 spiro atoms. The third-order valence-corrected chi connectivity index (χ3v) is 3.59. The molecule has 1 aliphatic heterocycles. The standard InChI is InChI=1S/C19H16F2O5/c1-2-23-16-5-3-4-12(18(16)26-19(20)21)6-8-14(22)13-7-9-15-17(10-13)25-11-24-15/h3-10,19H,2,11H2,1H3/b8-6+. The number of alkyl halides is 2. The predicted octanol–water partition coefficient (Wildman–Crippen LogP) is 4.31. The maximum atomic E-state index is 12.7. The van der Waals surface area contributed by atoms with E-state index in [2.05, 4.69) is 4.74 Å². The van der Waals surface area contributed by atoms with E-state index in [-0.39, 0.29) is 24.1 Å². The molecule has 0 saturated carbocycles. The first kappa shape index (κ1) is 17.7. The van der Waals surface area contributed by atoms with Gasteiger partial charge in [0.05, 0.1) is 6.61 Å². The van der Waals surface area contributed by atoms with Crippen molar-refractivity contribution < 1.29 is 32.5 Å². The summed E-state index contributed by atoms with van der Waals surface area (Å²) in [4.78, 5) is 12.4. The lowest BCUT2D eigenvalue weighted by Gasteiger charge is -2.13. The van der Waals surface area contributed by atoms with Crippen molar-refractivity contribution in [2.75, 3.05) is 13.4 Å². The van der Waals surface area contributed by atoms with Gasteiger partial charge in [0.1, 0.15) is 0 Å². The molecule has 0 bridgehead atoms. The van der Waals surface area contributed by atoms with Gasteiger partial charge in [-0.1, -0.05) is 12.1 Å². The average molecular weight is 362 g/mol. The third kappa shape index (κ3) is 3.93. The summed E-state index contributed by atoms with van der Waals surface area (Å²) in [6, 6.07) is 9.54. The molecule has 0 unspecified atom stereocenters. The highest BCUT2D eigenvalue weighted by atomic mass is 19.3. The highest BCUT2D eigenvalue weighted by Crippen LogP contribution is 2.34. The van der Waals surface area contributed by atoms with Crippen LogP contribution in [0.3, 0.4) is 0 Å². The highest BCUT2D eigenvalue weighted by molar-refractivity contribution is 6.07. The van der Waals surface area contributed by atoms with Gasteiger partial charge in [0, 0.05) is 11.1 Å². The summed E-state index contributed by atoms with van der Waals surface area (Å²) in [5, 5.41) is 0. The molecule has 0 aromatic heterocycles. The number of ether oxygens (including phenoxy) is 4. The number of carbonyl (C=O) groups excluding carboxylic acids is 1. The zero-order chi connectivity index (χ0) is 18.5. The molecule has 0 radical (unpaired) electrons. The summed E-state index contributed by atoms with van der Waals surface area (Å²) in [6.45, 7) is -0.865. The second kappa shape index (κ2) is 7.86. The number of ketones is 1. The summed E-state index contributed by atoms with van der Waals surface area (Å²) in [5.41, 5.74) is 0.702. The monoisotopic (exact) mass is 362 g/mol. The minimum absolute atomic E-state index is 0.112. The quantitative estimate of drug-likeness (QED) is 0.543. The number of hydrogen-bond acceptors (Lipinski definition) is 5. The Balaban J connectivity index is 1.85. The summed E-state index contributed by atoms with van der Waals surface area (Å²) < 4.78 is 45.8. The van der Waals surface area contributed by atoms with E-state index in [4.69, 9.17) is 14.2 Å². The van der Waals surface area contributed by atoms with Crippen LogP contribution in [0.25, 0.3) is 6.08 Å². The Morgan fingerprint density at radius 3 is 2.81 bits per heavy atom. The maximum absolute atomic E-state index is 12.7. The average Bonchev–Trinajstić information content (AvgIpc) is 3.09. The predicted molar refractivity (Wildman–Crippen MR) is 90.2 cm³/mol. The fraction of sp³-hybridized carbons (Fsp3) is 0.211. The first-order valence-corrected chi connectivity index (χ1v) is 7.91. The number of rotatable bonds is 7. The number of hydrogen-bond donors (Lipinski definition) is 0.